The first-order valence-electron chi connectivity index (χ1n) is 8.45. The van der Waals surface area contributed by atoms with Crippen molar-refractivity contribution < 1.29 is 23.8 Å². The lowest BCUT2D eigenvalue weighted by molar-refractivity contribution is 0.0600. The Morgan fingerprint density at radius 3 is 2.45 bits per heavy atom. The van der Waals surface area contributed by atoms with Crippen molar-refractivity contribution in [3.8, 4) is 11.5 Å². The molecule has 0 atom stereocenters. The predicted molar refractivity (Wildman–Crippen MR) is 111 cm³/mol. The van der Waals surface area contributed by atoms with E-state index < -0.39 is 5.97 Å². The third kappa shape index (κ3) is 4.30. The van der Waals surface area contributed by atoms with Gasteiger partial charge in [0, 0.05) is 11.3 Å². The van der Waals surface area contributed by atoms with Gasteiger partial charge in [-0.15, -0.1) is 0 Å². The number of aromatic nitrogens is 1. The van der Waals surface area contributed by atoms with Crippen molar-refractivity contribution in [2.24, 2.45) is 0 Å². The number of carbonyl (C=O) groups excluding carboxylic acids is 2. The molecule has 150 valence electrons. The number of methoxy groups -OCH3 is 3. The Morgan fingerprint density at radius 2 is 1.76 bits per heavy atom. The number of ether oxygens (including phenoxy) is 3. The zero-order chi connectivity index (χ0) is 21.0. The summed E-state index contributed by atoms with van der Waals surface area (Å²) in [5, 5.41) is 3.48. The van der Waals surface area contributed by atoms with E-state index in [2.05, 4.69) is 10.3 Å². The maximum absolute atomic E-state index is 12.9. The van der Waals surface area contributed by atoms with Gasteiger partial charge in [-0.05, 0) is 36.4 Å². The fraction of sp³-hybridized carbons (Fsp3) is 0.150. The number of nitrogen functional groups attached to an aromatic ring is 1. The Bertz CT molecular complexity index is 1060. The summed E-state index contributed by atoms with van der Waals surface area (Å²) in [6.07, 6.45) is 0. The predicted octanol–water partition coefficient (Wildman–Crippen LogP) is 3.50. The topological polar surface area (TPSA) is 113 Å². The van der Waals surface area contributed by atoms with Crippen molar-refractivity contribution in [2.45, 2.75) is 0 Å². The smallest absolute Gasteiger partial charge is 0.337 e. The molecule has 0 aliphatic heterocycles. The number of nitrogens with zero attached hydrogens (tertiary/aromatic N) is 1. The van der Waals surface area contributed by atoms with E-state index in [0.717, 1.165) is 11.3 Å². The lowest BCUT2D eigenvalue weighted by Crippen LogP contribution is -2.03. The molecule has 0 radical (unpaired) electrons. The quantitative estimate of drug-likeness (QED) is 0.447. The maximum Gasteiger partial charge on any atom is 0.337 e. The highest BCUT2D eigenvalue weighted by Crippen LogP contribution is 2.33. The summed E-state index contributed by atoms with van der Waals surface area (Å²) in [4.78, 5) is 29.1. The van der Waals surface area contributed by atoms with Gasteiger partial charge in [0.05, 0.1) is 26.9 Å². The van der Waals surface area contributed by atoms with E-state index in [-0.39, 0.29) is 11.6 Å². The summed E-state index contributed by atoms with van der Waals surface area (Å²) in [6, 6.07) is 11.6. The van der Waals surface area contributed by atoms with Crippen molar-refractivity contribution >= 4 is 39.7 Å². The second-order valence-electron chi connectivity index (χ2n) is 5.83. The van der Waals surface area contributed by atoms with Gasteiger partial charge < -0.3 is 25.3 Å². The lowest BCUT2D eigenvalue weighted by atomic mass is 10.1. The molecule has 29 heavy (non-hydrogen) atoms. The van der Waals surface area contributed by atoms with Crippen LogP contribution in [0, 0.1) is 0 Å². The van der Waals surface area contributed by atoms with E-state index in [1.807, 2.05) is 0 Å². The molecule has 0 unspecified atom stereocenters. The number of anilines is 3. The summed E-state index contributed by atoms with van der Waals surface area (Å²) < 4.78 is 15.2. The number of hydrogen-bond donors (Lipinski definition) is 2. The SMILES string of the molecule is COC(=O)c1cccc(Nc2nc(N)c(C(=O)c3ccc(OC)c(OC)c3)s2)c1. The molecule has 1 aromatic heterocycles. The minimum Gasteiger partial charge on any atom is -0.493 e. The van der Waals surface area contributed by atoms with Gasteiger partial charge in [-0.25, -0.2) is 9.78 Å². The third-order valence-corrected chi connectivity index (χ3v) is 5.03. The summed E-state index contributed by atoms with van der Waals surface area (Å²) in [6.45, 7) is 0. The van der Waals surface area contributed by atoms with Crippen LogP contribution in [0.2, 0.25) is 0 Å². The van der Waals surface area contributed by atoms with E-state index in [9.17, 15) is 9.59 Å². The number of benzene rings is 2. The number of nitrogens with two attached hydrogens (primary N) is 1. The second-order valence-corrected chi connectivity index (χ2v) is 6.83. The van der Waals surface area contributed by atoms with Crippen LogP contribution in [0.1, 0.15) is 25.6 Å². The van der Waals surface area contributed by atoms with Gasteiger partial charge in [0.25, 0.3) is 0 Å². The Kier molecular flexibility index (Phi) is 5.99. The third-order valence-electron chi connectivity index (χ3n) is 4.04. The van der Waals surface area contributed by atoms with Gasteiger partial charge in [0.15, 0.2) is 16.6 Å². The molecule has 3 aromatic rings. The van der Waals surface area contributed by atoms with Crippen LogP contribution < -0.4 is 20.5 Å². The molecule has 0 saturated heterocycles. The molecule has 0 fully saturated rings. The number of hydrogen-bond acceptors (Lipinski definition) is 9. The summed E-state index contributed by atoms with van der Waals surface area (Å²) in [5.41, 5.74) is 7.38. The highest BCUT2D eigenvalue weighted by Gasteiger charge is 2.20. The average molecular weight is 413 g/mol. The van der Waals surface area contributed by atoms with E-state index >= 15 is 0 Å². The van der Waals surface area contributed by atoms with Crippen molar-refractivity contribution in [1.29, 1.82) is 0 Å². The Hall–Kier alpha value is -3.59. The van der Waals surface area contributed by atoms with Crippen molar-refractivity contribution in [1.82, 2.24) is 4.98 Å². The summed E-state index contributed by atoms with van der Waals surface area (Å²) in [5.74, 6) is 0.351. The van der Waals surface area contributed by atoms with Gasteiger partial charge in [-0.3, -0.25) is 4.79 Å². The fourth-order valence-corrected chi connectivity index (χ4v) is 3.49. The second kappa shape index (κ2) is 8.61. The van der Waals surface area contributed by atoms with Crippen LogP contribution in [0.15, 0.2) is 42.5 Å². The molecule has 3 N–H and O–H groups in total. The number of ketones is 1. The van der Waals surface area contributed by atoms with Gasteiger partial charge in [-0.1, -0.05) is 17.4 Å². The fourth-order valence-electron chi connectivity index (χ4n) is 2.62. The first-order valence-corrected chi connectivity index (χ1v) is 9.27. The minimum absolute atomic E-state index is 0.112. The highest BCUT2D eigenvalue weighted by molar-refractivity contribution is 7.18. The lowest BCUT2D eigenvalue weighted by Gasteiger charge is -2.08. The molecule has 0 bridgehead atoms. The largest absolute Gasteiger partial charge is 0.493 e. The van der Waals surface area contributed by atoms with Crippen LogP contribution >= 0.6 is 11.3 Å². The summed E-state index contributed by atoms with van der Waals surface area (Å²) in [7, 11) is 4.33. The van der Waals surface area contributed by atoms with Gasteiger partial charge in [-0.2, -0.15) is 0 Å². The first kappa shape index (κ1) is 20.2. The van der Waals surface area contributed by atoms with Crippen LogP contribution in [0.5, 0.6) is 11.5 Å². The first-order chi connectivity index (χ1) is 14.0. The highest BCUT2D eigenvalue weighted by atomic mass is 32.1. The van der Waals surface area contributed by atoms with Gasteiger partial charge >= 0.3 is 5.97 Å². The van der Waals surface area contributed by atoms with Crippen LogP contribution in [0.3, 0.4) is 0 Å². The summed E-state index contributed by atoms with van der Waals surface area (Å²) >= 11 is 1.12. The molecule has 0 amide bonds. The Labute approximate surface area is 171 Å². The molecule has 0 saturated carbocycles. The molecule has 8 nitrogen and oxygen atoms in total. The Balaban J connectivity index is 1.85. The zero-order valence-corrected chi connectivity index (χ0v) is 16.8. The molecular formula is C20H19N3O5S. The van der Waals surface area contributed by atoms with Gasteiger partial charge in [0.2, 0.25) is 5.78 Å². The van der Waals surface area contributed by atoms with Gasteiger partial charge in [0.1, 0.15) is 10.7 Å². The molecule has 3 rings (SSSR count). The molecule has 9 heteroatoms. The molecule has 1 heterocycles. The molecule has 0 aliphatic carbocycles. The molecule has 2 aromatic carbocycles. The molecular weight excluding hydrogens is 394 g/mol. The number of nitrogens with one attached hydrogen (secondary N) is 1. The zero-order valence-electron chi connectivity index (χ0n) is 16.0. The molecule has 0 spiro atoms. The number of esters is 1. The van der Waals surface area contributed by atoms with Crippen LogP contribution in [0.25, 0.3) is 0 Å². The Morgan fingerprint density at radius 1 is 1.00 bits per heavy atom. The van der Waals surface area contributed by atoms with E-state index in [1.54, 1.807) is 42.5 Å². The minimum atomic E-state index is -0.448. The van der Waals surface area contributed by atoms with Crippen molar-refractivity contribution in [3.05, 3.63) is 58.5 Å². The normalized spacial score (nSPS) is 10.3. The standard InChI is InChI=1S/C20H19N3O5S/c1-26-14-8-7-11(10-15(14)27-2)16(24)17-18(21)23-20(29-17)22-13-6-4-5-12(9-13)19(25)28-3/h4-10H,21H2,1-3H3,(H,22,23). The van der Waals surface area contributed by atoms with Crippen LogP contribution in [-0.2, 0) is 4.74 Å². The van der Waals surface area contributed by atoms with E-state index in [0.29, 0.717) is 38.3 Å². The molecule has 0 aliphatic rings. The number of carbonyl (C=O) groups is 2. The number of rotatable bonds is 7. The van der Waals surface area contributed by atoms with E-state index in [4.69, 9.17) is 19.9 Å². The average Bonchev–Trinajstić information content (AvgIpc) is 3.11. The van der Waals surface area contributed by atoms with Crippen LogP contribution in [0.4, 0.5) is 16.6 Å². The monoisotopic (exact) mass is 413 g/mol. The van der Waals surface area contributed by atoms with E-state index in [1.165, 1.54) is 21.3 Å². The van der Waals surface area contributed by atoms with Crippen LogP contribution in [-0.4, -0.2) is 38.1 Å². The number of thiazole rings is 1. The maximum atomic E-state index is 12.9. The van der Waals surface area contributed by atoms with Crippen molar-refractivity contribution in [3.63, 3.8) is 0 Å². The van der Waals surface area contributed by atoms with Crippen molar-refractivity contribution in [2.75, 3.05) is 32.4 Å².